The smallest absolute Gasteiger partial charge is 0.180 e. The molecule has 2 aromatic heterocycles. The van der Waals surface area contributed by atoms with Crippen molar-refractivity contribution in [3.8, 4) is 22.8 Å². The van der Waals surface area contributed by atoms with E-state index in [1.54, 1.807) is 24.4 Å². The summed E-state index contributed by atoms with van der Waals surface area (Å²) >= 11 is 0. The van der Waals surface area contributed by atoms with Gasteiger partial charge in [-0.3, -0.25) is 0 Å². The van der Waals surface area contributed by atoms with E-state index >= 15 is 0 Å². The highest BCUT2D eigenvalue weighted by Gasteiger charge is 2.36. The van der Waals surface area contributed by atoms with Crippen LogP contribution in [0.2, 0.25) is 0 Å². The molecule has 2 fully saturated rings. The lowest BCUT2D eigenvalue weighted by atomic mass is 9.84. The second kappa shape index (κ2) is 6.98. The van der Waals surface area contributed by atoms with E-state index in [9.17, 15) is 4.39 Å². The van der Waals surface area contributed by atoms with Gasteiger partial charge in [0.1, 0.15) is 17.3 Å². The Kier molecular flexibility index (Phi) is 4.31. The molecule has 1 aromatic carbocycles. The van der Waals surface area contributed by atoms with Gasteiger partial charge in [-0.25, -0.2) is 19.3 Å². The van der Waals surface area contributed by atoms with Crippen molar-refractivity contribution in [1.29, 1.82) is 0 Å². The zero-order chi connectivity index (χ0) is 19.1. The molecule has 7 heteroatoms. The van der Waals surface area contributed by atoms with Crippen LogP contribution in [0.25, 0.3) is 22.8 Å². The Labute approximate surface area is 162 Å². The maximum absolute atomic E-state index is 13.4. The van der Waals surface area contributed by atoms with Crippen LogP contribution >= 0.6 is 0 Å². The molecule has 2 aliphatic rings. The number of benzene rings is 1. The van der Waals surface area contributed by atoms with Crippen LogP contribution in [0.3, 0.4) is 0 Å². The third-order valence-electron chi connectivity index (χ3n) is 5.82. The fourth-order valence-corrected chi connectivity index (χ4v) is 4.24. The molecule has 5 rings (SSSR count). The number of anilines is 1. The summed E-state index contributed by atoms with van der Waals surface area (Å²) in [6.07, 6.45) is 8.42. The lowest BCUT2D eigenvalue weighted by molar-refractivity contribution is 0.225. The Bertz CT molecular complexity index is 975. The third-order valence-corrected chi connectivity index (χ3v) is 5.82. The van der Waals surface area contributed by atoms with E-state index < -0.39 is 0 Å². The standard InChI is InChI=1S/C21H22FN5O/c22-15-5-1-14(2-6-15)19-20(21-24-10-9-18(23)26-21)27(12-25-19)16-7-3-13(4-8-16)17-11-28-17/h1-2,5-6,9-10,12-13,16-17H,3-4,7-8,11H2,(H2,23,24,26). The predicted molar refractivity (Wildman–Crippen MR) is 104 cm³/mol. The fourth-order valence-electron chi connectivity index (χ4n) is 4.24. The second-order valence-corrected chi connectivity index (χ2v) is 7.60. The van der Waals surface area contributed by atoms with Gasteiger partial charge in [0.05, 0.1) is 24.7 Å². The zero-order valence-corrected chi connectivity index (χ0v) is 15.5. The molecule has 1 aliphatic heterocycles. The van der Waals surface area contributed by atoms with Gasteiger partial charge in [0.15, 0.2) is 5.82 Å². The van der Waals surface area contributed by atoms with Crippen molar-refractivity contribution < 1.29 is 9.13 Å². The minimum absolute atomic E-state index is 0.273. The molecule has 2 N–H and O–H groups in total. The lowest BCUT2D eigenvalue weighted by Gasteiger charge is -2.29. The average molecular weight is 379 g/mol. The fraction of sp³-hybridized carbons (Fsp3) is 0.381. The Hall–Kier alpha value is -2.80. The molecule has 1 saturated carbocycles. The quantitative estimate of drug-likeness (QED) is 0.696. The summed E-state index contributed by atoms with van der Waals surface area (Å²) in [5, 5.41) is 0. The Morgan fingerprint density at radius 1 is 1.04 bits per heavy atom. The zero-order valence-electron chi connectivity index (χ0n) is 15.5. The van der Waals surface area contributed by atoms with Crippen molar-refractivity contribution >= 4 is 5.82 Å². The van der Waals surface area contributed by atoms with Crippen molar-refractivity contribution in [2.45, 2.75) is 37.8 Å². The molecule has 28 heavy (non-hydrogen) atoms. The number of nitrogens with two attached hydrogens (primary N) is 1. The summed E-state index contributed by atoms with van der Waals surface area (Å²) in [5.41, 5.74) is 8.34. The van der Waals surface area contributed by atoms with E-state index in [0.29, 0.717) is 29.7 Å². The number of ether oxygens (including phenoxy) is 1. The molecule has 0 radical (unpaired) electrons. The van der Waals surface area contributed by atoms with Gasteiger partial charge in [-0.1, -0.05) is 0 Å². The highest BCUT2D eigenvalue weighted by molar-refractivity contribution is 5.75. The van der Waals surface area contributed by atoms with Crippen molar-refractivity contribution in [3.05, 3.63) is 48.7 Å². The number of imidazole rings is 1. The van der Waals surface area contributed by atoms with Crippen LogP contribution in [0.5, 0.6) is 0 Å². The van der Waals surface area contributed by atoms with Crippen LogP contribution in [0.4, 0.5) is 10.2 Å². The van der Waals surface area contributed by atoms with Gasteiger partial charge in [-0.15, -0.1) is 0 Å². The maximum Gasteiger partial charge on any atom is 0.180 e. The van der Waals surface area contributed by atoms with Gasteiger partial charge < -0.3 is 15.0 Å². The lowest BCUT2D eigenvalue weighted by Crippen LogP contribution is -2.21. The number of epoxide rings is 1. The van der Waals surface area contributed by atoms with E-state index in [1.807, 2.05) is 6.33 Å². The summed E-state index contributed by atoms with van der Waals surface area (Å²) < 4.78 is 21.1. The van der Waals surface area contributed by atoms with Crippen molar-refractivity contribution in [3.63, 3.8) is 0 Å². The predicted octanol–water partition coefficient (Wildman–Crippen LogP) is 3.86. The van der Waals surface area contributed by atoms with Crippen LogP contribution in [0.1, 0.15) is 31.7 Å². The largest absolute Gasteiger partial charge is 0.384 e. The maximum atomic E-state index is 13.4. The number of hydrogen-bond donors (Lipinski definition) is 1. The highest BCUT2D eigenvalue weighted by Crippen LogP contribution is 2.41. The van der Waals surface area contributed by atoms with Crippen LogP contribution in [0, 0.1) is 11.7 Å². The minimum Gasteiger partial charge on any atom is -0.384 e. The van der Waals surface area contributed by atoms with Gasteiger partial charge in [0.25, 0.3) is 0 Å². The molecule has 1 unspecified atom stereocenters. The van der Waals surface area contributed by atoms with Crippen LogP contribution < -0.4 is 5.73 Å². The number of rotatable bonds is 4. The topological polar surface area (TPSA) is 82.1 Å². The summed E-state index contributed by atoms with van der Waals surface area (Å²) in [7, 11) is 0. The number of nitrogen functional groups attached to an aromatic ring is 1. The average Bonchev–Trinajstić information content (AvgIpc) is 3.47. The van der Waals surface area contributed by atoms with Gasteiger partial charge >= 0.3 is 0 Å². The van der Waals surface area contributed by atoms with Gasteiger partial charge in [0.2, 0.25) is 0 Å². The molecular formula is C21H22FN5O. The molecule has 0 amide bonds. The molecule has 1 aliphatic carbocycles. The van der Waals surface area contributed by atoms with Crippen LogP contribution in [0.15, 0.2) is 42.9 Å². The molecular weight excluding hydrogens is 357 g/mol. The van der Waals surface area contributed by atoms with E-state index in [2.05, 4.69) is 19.5 Å². The van der Waals surface area contributed by atoms with E-state index in [-0.39, 0.29) is 5.82 Å². The van der Waals surface area contributed by atoms with Crippen molar-refractivity contribution in [2.24, 2.45) is 5.92 Å². The van der Waals surface area contributed by atoms with Gasteiger partial charge in [-0.05, 0) is 61.9 Å². The molecule has 1 saturated heterocycles. The number of halogens is 1. The normalized spacial score (nSPS) is 24.2. The molecule has 3 aromatic rings. The third kappa shape index (κ3) is 3.26. The highest BCUT2D eigenvalue weighted by atomic mass is 19.1. The first-order valence-electron chi connectivity index (χ1n) is 9.72. The Morgan fingerprint density at radius 2 is 1.79 bits per heavy atom. The number of aromatic nitrogens is 4. The molecule has 6 nitrogen and oxygen atoms in total. The SMILES string of the molecule is Nc1ccnc(-c2c(-c3ccc(F)cc3)ncn2C2CCC(C3CO3)CC2)n1. The Balaban J connectivity index is 1.54. The van der Waals surface area contributed by atoms with Crippen molar-refractivity contribution in [2.75, 3.05) is 12.3 Å². The van der Waals surface area contributed by atoms with Crippen LogP contribution in [-0.4, -0.2) is 32.2 Å². The monoisotopic (exact) mass is 379 g/mol. The molecule has 0 bridgehead atoms. The number of hydrogen-bond acceptors (Lipinski definition) is 5. The molecule has 3 heterocycles. The van der Waals surface area contributed by atoms with Crippen LogP contribution in [-0.2, 0) is 4.74 Å². The summed E-state index contributed by atoms with van der Waals surface area (Å²) in [6, 6.07) is 8.36. The summed E-state index contributed by atoms with van der Waals surface area (Å²) in [4.78, 5) is 13.5. The molecule has 144 valence electrons. The first-order valence-corrected chi connectivity index (χ1v) is 9.72. The Morgan fingerprint density at radius 3 is 2.46 bits per heavy atom. The minimum atomic E-state index is -0.273. The first kappa shape index (κ1) is 17.3. The van der Waals surface area contributed by atoms with Gasteiger partial charge in [0, 0.05) is 17.8 Å². The van der Waals surface area contributed by atoms with E-state index in [4.69, 9.17) is 10.5 Å². The van der Waals surface area contributed by atoms with E-state index in [0.717, 1.165) is 49.2 Å². The number of nitrogens with zero attached hydrogens (tertiary/aromatic N) is 4. The van der Waals surface area contributed by atoms with Crippen molar-refractivity contribution in [1.82, 2.24) is 19.5 Å². The molecule has 0 spiro atoms. The second-order valence-electron chi connectivity index (χ2n) is 7.60. The van der Waals surface area contributed by atoms with Gasteiger partial charge in [-0.2, -0.15) is 0 Å². The summed E-state index contributed by atoms with van der Waals surface area (Å²) in [5.74, 6) is 1.36. The van der Waals surface area contributed by atoms with E-state index in [1.165, 1.54) is 12.1 Å². The molecule has 1 atom stereocenters. The summed E-state index contributed by atoms with van der Waals surface area (Å²) in [6.45, 7) is 0.914. The first-order chi connectivity index (χ1) is 13.7.